The molecule has 8 nitrogen and oxygen atoms in total. The highest BCUT2D eigenvalue weighted by Gasteiger charge is 2.50. The summed E-state index contributed by atoms with van der Waals surface area (Å²) in [5, 5.41) is 5.42. The highest BCUT2D eigenvalue weighted by Crippen LogP contribution is 2.37. The van der Waals surface area contributed by atoms with E-state index < -0.39 is 36.5 Å². The molecule has 0 N–H and O–H groups in total. The largest absolute Gasteiger partial charge is 0.456 e. The minimum Gasteiger partial charge on any atom is -0.456 e. The molecule has 2 aromatic heterocycles. The summed E-state index contributed by atoms with van der Waals surface area (Å²) in [4.78, 5) is 27.4. The Kier molecular flexibility index (Phi) is 5.36. The van der Waals surface area contributed by atoms with E-state index in [1.54, 1.807) is 0 Å². The average molecular weight is 402 g/mol. The second-order valence-corrected chi connectivity index (χ2v) is 6.67. The molecule has 1 aliphatic rings. The summed E-state index contributed by atoms with van der Waals surface area (Å²) >= 11 is 12.2. The summed E-state index contributed by atoms with van der Waals surface area (Å²) in [5.74, 6) is -1.03. The highest BCUT2D eigenvalue weighted by atomic mass is 35.5. The number of ether oxygens (including phenoxy) is 3. The van der Waals surface area contributed by atoms with Crippen LogP contribution in [0.3, 0.4) is 0 Å². The van der Waals surface area contributed by atoms with Crippen LogP contribution in [0.25, 0.3) is 11.0 Å². The molecule has 0 amide bonds. The summed E-state index contributed by atoms with van der Waals surface area (Å²) < 4.78 is 18.2. The fourth-order valence-corrected chi connectivity index (χ4v) is 3.50. The Morgan fingerprint density at radius 1 is 1.23 bits per heavy atom. The minimum atomic E-state index is -0.885. The molecule has 0 radical (unpaired) electrons. The summed E-state index contributed by atoms with van der Waals surface area (Å²) in [6.45, 7) is 4.44. The Morgan fingerprint density at radius 2 is 1.88 bits per heavy atom. The van der Waals surface area contributed by atoms with Crippen LogP contribution in [0.4, 0.5) is 0 Å². The second-order valence-electron chi connectivity index (χ2n) is 5.87. The van der Waals surface area contributed by atoms with E-state index in [0.717, 1.165) is 0 Å². The van der Waals surface area contributed by atoms with Crippen LogP contribution in [0, 0.1) is 0 Å². The first-order valence-electron chi connectivity index (χ1n) is 8.01. The SMILES string of the molecule is CC[C@H]1O[C@@H](n2ncc3c(Cl)cc(Cl)nc32)[C@@H](OC(C)=O)C1OC(C)=O. The molecule has 1 unspecified atom stereocenters. The third kappa shape index (κ3) is 3.49. The fourth-order valence-electron chi connectivity index (χ4n) is 3.02. The van der Waals surface area contributed by atoms with Gasteiger partial charge in [0.1, 0.15) is 11.3 Å². The van der Waals surface area contributed by atoms with E-state index in [-0.39, 0.29) is 5.15 Å². The first kappa shape index (κ1) is 18.9. The molecule has 0 bridgehead atoms. The van der Waals surface area contributed by atoms with E-state index >= 15 is 0 Å². The smallest absolute Gasteiger partial charge is 0.303 e. The maximum Gasteiger partial charge on any atom is 0.303 e. The van der Waals surface area contributed by atoms with Crippen molar-refractivity contribution in [2.75, 3.05) is 0 Å². The van der Waals surface area contributed by atoms with E-state index in [4.69, 9.17) is 37.4 Å². The molecule has 3 heterocycles. The first-order valence-corrected chi connectivity index (χ1v) is 8.76. The maximum atomic E-state index is 11.6. The number of aromatic nitrogens is 3. The van der Waals surface area contributed by atoms with Crippen molar-refractivity contribution in [3.8, 4) is 0 Å². The lowest BCUT2D eigenvalue weighted by Gasteiger charge is -2.23. The summed E-state index contributed by atoms with van der Waals surface area (Å²) in [7, 11) is 0. The molecule has 140 valence electrons. The number of carbonyl (C=O) groups excluding carboxylic acids is 2. The quantitative estimate of drug-likeness (QED) is 0.574. The Hall–Kier alpha value is -1.90. The third-order valence-electron chi connectivity index (χ3n) is 4.02. The molecule has 1 fully saturated rings. The van der Waals surface area contributed by atoms with Crippen molar-refractivity contribution < 1.29 is 23.8 Å². The van der Waals surface area contributed by atoms with Crippen LogP contribution < -0.4 is 0 Å². The number of rotatable bonds is 4. The number of fused-ring (bicyclic) bond motifs is 1. The van der Waals surface area contributed by atoms with Gasteiger partial charge in [-0.05, 0) is 12.5 Å². The summed E-state index contributed by atoms with van der Waals surface area (Å²) in [6.07, 6.45) is -0.894. The Morgan fingerprint density at radius 3 is 2.50 bits per heavy atom. The molecule has 0 aromatic carbocycles. The zero-order valence-corrected chi connectivity index (χ0v) is 15.8. The van der Waals surface area contributed by atoms with Crippen molar-refractivity contribution in [3.63, 3.8) is 0 Å². The van der Waals surface area contributed by atoms with Crippen LogP contribution in [-0.2, 0) is 23.8 Å². The molecule has 1 aliphatic heterocycles. The lowest BCUT2D eigenvalue weighted by Crippen LogP contribution is -2.38. The maximum absolute atomic E-state index is 11.6. The number of hydrogen-bond acceptors (Lipinski definition) is 7. The number of halogens is 2. The van der Waals surface area contributed by atoms with Gasteiger partial charge in [0.05, 0.1) is 16.6 Å². The molecule has 26 heavy (non-hydrogen) atoms. The summed E-state index contributed by atoms with van der Waals surface area (Å²) in [6, 6.07) is 1.51. The van der Waals surface area contributed by atoms with Crippen molar-refractivity contribution in [2.24, 2.45) is 0 Å². The van der Waals surface area contributed by atoms with E-state index in [2.05, 4.69) is 10.1 Å². The first-order chi connectivity index (χ1) is 12.3. The van der Waals surface area contributed by atoms with Crippen molar-refractivity contribution in [1.29, 1.82) is 0 Å². The zero-order valence-electron chi connectivity index (χ0n) is 14.3. The van der Waals surface area contributed by atoms with Crippen LogP contribution in [-0.4, -0.2) is 45.0 Å². The zero-order chi connectivity index (χ0) is 19.0. The van der Waals surface area contributed by atoms with Gasteiger partial charge in [-0.15, -0.1) is 0 Å². The fraction of sp³-hybridized carbons (Fsp3) is 0.500. The lowest BCUT2D eigenvalue weighted by atomic mass is 10.1. The van der Waals surface area contributed by atoms with Gasteiger partial charge in [-0.3, -0.25) is 9.59 Å². The van der Waals surface area contributed by atoms with Crippen LogP contribution >= 0.6 is 23.2 Å². The Balaban J connectivity index is 2.07. The molecular formula is C16H17Cl2N3O5. The van der Waals surface area contributed by atoms with Crippen molar-refractivity contribution in [1.82, 2.24) is 14.8 Å². The van der Waals surface area contributed by atoms with Gasteiger partial charge >= 0.3 is 11.9 Å². The number of esters is 2. The van der Waals surface area contributed by atoms with Crippen LogP contribution in [0.15, 0.2) is 12.3 Å². The molecule has 0 aliphatic carbocycles. The number of carbonyl (C=O) groups is 2. The molecule has 0 spiro atoms. The molecule has 2 aromatic rings. The Bertz CT molecular complexity index is 856. The topological polar surface area (TPSA) is 92.5 Å². The molecule has 3 rings (SSSR count). The van der Waals surface area contributed by atoms with E-state index in [1.807, 2.05) is 6.92 Å². The minimum absolute atomic E-state index is 0.190. The monoisotopic (exact) mass is 401 g/mol. The summed E-state index contributed by atoms with van der Waals surface area (Å²) in [5.41, 5.74) is 0.378. The normalized spacial score (nSPS) is 25.4. The predicted octanol–water partition coefficient (Wildman–Crippen LogP) is 2.91. The van der Waals surface area contributed by atoms with E-state index in [1.165, 1.54) is 30.8 Å². The van der Waals surface area contributed by atoms with Gasteiger partial charge in [-0.1, -0.05) is 30.1 Å². The number of hydrogen-bond donors (Lipinski definition) is 0. The van der Waals surface area contributed by atoms with Gasteiger partial charge in [0.15, 0.2) is 24.1 Å². The lowest BCUT2D eigenvalue weighted by molar-refractivity contribution is -0.165. The van der Waals surface area contributed by atoms with Gasteiger partial charge in [0.2, 0.25) is 0 Å². The van der Waals surface area contributed by atoms with Crippen molar-refractivity contribution >= 4 is 46.2 Å². The van der Waals surface area contributed by atoms with Crippen molar-refractivity contribution in [2.45, 2.75) is 51.7 Å². The highest BCUT2D eigenvalue weighted by molar-refractivity contribution is 6.37. The van der Waals surface area contributed by atoms with Gasteiger partial charge in [-0.25, -0.2) is 9.67 Å². The van der Waals surface area contributed by atoms with E-state index in [9.17, 15) is 9.59 Å². The van der Waals surface area contributed by atoms with Crippen LogP contribution in [0.5, 0.6) is 0 Å². The van der Waals surface area contributed by atoms with Gasteiger partial charge in [0, 0.05) is 13.8 Å². The molecule has 1 saturated heterocycles. The molecule has 0 saturated carbocycles. The van der Waals surface area contributed by atoms with E-state index in [0.29, 0.717) is 22.5 Å². The second kappa shape index (κ2) is 7.38. The van der Waals surface area contributed by atoms with Gasteiger partial charge in [-0.2, -0.15) is 5.10 Å². The molecule has 4 atom stereocenters. The average Bonchev–Trinajstić information content (AvgIpc) is 3.09. The van der Waals surface area contributed by atoms with Gasteiger partial charge in [0.25, 0.3) is 0 Å². The standard InChI is InChI=1S/C16H17Cl2N3O5/c1-4-11-13(24-7(2)22)14(25-8(3)23)16(26-11)21-15-9(6-19-21)10(17)5-12(18)20-15/h5-6,11,13-14,16H,4H2,1-3H3/t11-,13?,14+,16-/m1/s1. The number of nitrogens with zero attached hydrogens (tertiary/aromatic N) is 3. The van der Waals surface area contributed by atoms with Gasteiger partial charge < -0.3 is 14.2 Å². The van der Waals surface area contributed by atoms with Crippen molar-refractivity contribution in [3.05, 3.63) is 22.4 Å². The predicted molar refractivity (Wildman–Crippen MR) is 92.9 cm³/mol. The molecular weight excluding hydrogens is 385 g/mol. The number of pyridine rings is 1. The molecule has 10 heteroatoms. The third-order valence-corrected chi connectivity index (χ3v) is 4.52. The van der Waals surface area contributed by atoms with Crippen LogP contribution in [0.2, 0.25) is 10.2 Å². The van der Waals surface area contributed by atoms with Crippen LogP contribution in [0.1, 0.15) is 33.4 Å². The Labute approximate surface area is 159 Å².